The molecule has 1 amide bonds. The Morgan fingerprint density at radius 1 is 1.37 bits per heavy atom. The van der Waals surface area contributed by atoms with E-state index in [1.165, 1.54) is 5.56 Å². The average molecular weight is 372 g/mol. The second kappa shape index (κ2) is 9.01. The third kappa shape index (κ3) is 4.87. The summed E-state index contributed by atoms with van der Waals surface area (Å²) in [5.41, 5.74) is 3.42. The summed E-state index contributed by atoms with van der Waals surface area (Å²) in [4.78, 5) is 14.7. The first-order chi connectivity index (χ1) is 13.1. The molecule has 7 heteroatoms. The van der Waals surface area contributed by atoms with E-state index < -0.39 is 6.10 Å². The largest absolute Gasteiger partial charge is 0.496 e. The molecule has 1 aromatic carbocycles. The minimum absolute atomic E-state index is 0.0579. The van der Waals surface area contributed by atoms with E-state index >= 15 is 0 Å². The van der Waals surface area contributed by atoms with Gasteiger partial charge in [0.15, 0.2) is 0 Å². The van der Waals surface area contributed by atoms with Gasteiger partial charge in [-0.05, 0) is 25.0 Å². The summed E-state index contributed by atoms with van der Waals surface area (Å²) in [6, 6.07) is 7.86. The van der Waals surface area contributed by atoms with Gasteiger partial charge in [-0.1, -0.05) is 18.2 Å². The third-order valence-electron chi connectivity index (χ3n) is 5.06. The molecule has 0 aliphatic carbocycles. The van der Waals surface area contributed by atoms with Crippen molar-refractivity contribution in [3.05, 3.63) is 47.3 Å². The summed E-state index contributed by atoms with van der Waals surface area (Å²) in [7, 11) is 3.60. The highest BCUT2D eigenvalue weighted by atomic mass is 16.5. The second-order valence-corrected chi connectivity index (χ2v) is 6.83. The van der Waals surface area contributed by atoms with Crippen LogP contribution in [0.2, 0.25) is 0 Å². The second-order valence-electron chi connectivity index (χ2n) is 6.83. The lowest BCUT2D eigenvalue weighted by Crippen LogP contribution is -2.49. The van der Waals surface area contributed by atoms with E-state index in [1.807, 2.05) is 42.2 Å². The molecule has 3 rings (SSSR count). The van der Waals surface area contributed by atoms with E-state index in [0.29, 0.717) is 19.7 Å². The van der Waals surface area contributed by atoms with Crippen LogP contribution in [0, 0.1) is 6.92 Å². The lowest BCUT2D eigenvalue weighted by Gasteiger charge is -2.32. The molecule has 27 heavy (non-hydrogen) atoms. The molecule has 7 nitrogen and oxygen atoms in total. The van der Waals surface area contributed by atoms with E-state index in [1.54, 1.807) is 7.11 Å². The van der Waals surface area contributed by atoms with Crippen LogP contribution in [0.5, 0.6) is 5.75 Å². The molecule has 1 atom stereocenters. The lowest BCUT2D eigenvalue weighted by atomic mass is 10.1. The van der Waals surface area contributed by atoms with Gasteiger partial charge in [0.05, 0.1) is 19.9 Å². The first kappa shape index (κ1) is 19.4. The summed E-state index contributed by atoms with van der Waals surface area (Å²) in [6.07, 6.45) is 2.18. The quantitative estimate of drug-likeness (QED) is 0.793. The minimum Gasteiger partial charge on any atom is -0.496 e. The maximum absolute atomic E-state index is 12.5. The van der Waals surface area contributed by atoms with Crippen molar-refractivity contribution in [2.75, 3.05) is 33.4 Å². The molecular weight excluding hydrogens is 344 g/mol. The summed E-state index contributed by atoms with van der Waals surface area (Å²) < 4.78 is 12.9. The molecule has 2 heterocycles. The number of carbonyl (C=O) groups excluding carboxylic acids is 1. The van der Waals surface area contributed by atoms with Gasteiger partial charge >= 0.3 is 0 Å². The van der Waals surface area contributed by atoms with Gasteiger partial charge in [0.25, 0.3) is 0 Å². The van der Waals surface area contributed by atoms with Gasteiger partial charge in [-0.25, -0.2) is 0 Å². The highest BCUT2D eigenvalue weighted by molar-refractivity contribution is 5.81. The summed E-state index contributed by atoms with van der Waals surface area (Å²) in [5, 5.41) is 7.28. The molecule has 1 saturated heterocycles. The molecule has 0 spiro atoms. The molecule has 0 radical (unpaired) electrons. The fraction of sp³-hybridized carbons (Fsp3) is 0.500. The number of carbonyl (C=O) groups is 1. The van der Waals surface area contributed by atoms with Gasteiger partial charge < -0.3 is 14.8 Å². The Morgan fingerprint density at radius 3 is 2.93 bits per heavy atom. The zero-order chi connectivity index (χ0) is 19.2. The molecule has 0 saturated carbocycles. The van der Waals surface area contributed by atoms with Crippen molar-refractivity contribution >= 4 is 5.91 Å². The number of para-hydroxylation sites is 1. The van der Waals surface area contributed by atoms with Gasteiger partial charge in [0, 0.05) is 44.5 Å². The average Bonchev–Trinajstić information content (AvgIpc) is 3.00. The first-order valence-electron chi connectivity index (χ1n) is 9.29. The molecule has 1 aromatic heterocycles. The van der Waals surface area contributed by atoms with Crippen molar-refractivity contribution in [3.63, 3.8) is 0 Å². The van der Waals surface area contributed by atoms with Crippen LogP contribution in [-0.4, -0.2) is 60.0 Å². The van der Waals surface area contributed by atoms with Gasteiger partial charge in [-0.15, -0.1) is 0 Å². The molecule has 2 aromatic rings. The highest BCUT2D eigenvalue weighted by Gasteiger charge is 2.27. The van der Waals surface area contributed by atoms with Gasteiger partial charge in [0.2, 0.25) is 5.91 Å². The number of morpholine rings is 1. The van der Waals surface area contributed by atoms with E-state index in [2.05, 4.69) is 22.2 Å². The van der Waals surface area contributed by atoms with Gasteiger partial charge in [0.1, 0.15) is 11.9 Å². The molecule has 1 unspecified atom stereocenters. The number of amides is 1. The SMILES string of the molecule is COc1ccccc1CCNC(=O)C1CN(Cc2cnn(C)c2C)CCO1. The molecular formula is C20H28N4O3. The molecule has 0 bridgehead atoms. The van der Waals surface area contributed by atoms with Gasteiger partial charge in [-0.3, -0.25) is 14.4 Å². The van der Waals surface area contributed by atoms with Crippen LogP contribution in [-0.2, 0) is 29.5 Å². The fourth-order valence-corrected chi connectivity index (χ4v) is 3.29. The first-order valence-corrected chi connectivity index (χ1v) is 9.29. The molecule has 1 N–H and O–H groups in total. The van der Waals surface area contributed by atoms with Crippen LogP contribution in [0.25, 0.3) is 0 Å². The predicted octanol–water partition coefficient (Wildman–Crippen LogP) is 1.30. The smallest absolute Gasteiger partial charge is 0.250 e. The number of hydrogen-bond donors (Lipinski definition) is 1. The predicted molar refractivity (Wildman–Crippen MR) is 103 cm³/mol. The maximum Gasteiger partial charge on any atom is 0.250 e. The van der Waals surface area contributed by atoms with Gasteiger partial charge in [-0.2, -0.15) is 5.10 Å². The number of hydrogen-bond acceptors (Lipinski definition) is 5. The van der Waals surface area contributed by atoms with Crippen molar-refractivity contribution in [3.8, 4) is 5.75 Å². The Kier molecular flexibility index (Phi) is 6.47. The van der Waals surface area contributed by atoms with E-state index in [0.717, 1.165) is 36.5 Å². The Bertz CT molecular complexity index is 774. The Hall–Kier alpha value is -2.38. The third-order valence-corrected chi connectivity index (χ3v) is 5.06. The number of rotatable bonds is 7. The summed E-state index contributed by atoms with van der Waals surface area (Å²) in [6.45, 7) is 5.37. The van der Waals surface area contributed by atoms with E-state index in [9.17, 15) is 4.79 Å². The maximum atomic E-state index is 12.5. The van der Waals surface area contributed by atoms with Crippen LogP contribution < -0.4 is 10.1 Å². The minimum atomic E-state index is -0.437. The monoisotopic (exact) mass is 372 g/mol. The zero-order valence-electron chi connectivity index (χ0n) is 16.3. The molecule has 1 fully saturated rings. The fourth-order valence-electron chi connectivity index (χ4n) is 3.29. The van der Waals surface area contributed by atoms with Crippen LogP contribution in [0.3, 0.4) is 0 Å². The van der Waals surface area contributed by atoms with Crippen molar-refractivity contribution in [1.29, 1.82) is 0 Å². The highest BCUT2D eigenvalue weighted by Crippen LogP contribution is 2.17. The molecule has 1 aliphatic heterocycles. The number of ether oxygens (including phenoxy) is 2. The Labute approximate surface area is 160 Å². The standard InChI is InChI=1S/C20H28N4O3/c1-15-17(12-22-23(15)2)13-24-10-11-27-19(14-24)20(25)21-9-8-16-6-4-5-7-18(16)26-3/h4-7,12,19H,8-11,13-14H2,1-3H3,(H,21,25). The zero-order valence-corrected chi connectivity index (χ0v) is 16.3. The number of aromatic nitrogens is 2. The number of methoxy groups -OCH3 is 1. The molecule has 1 aliphatic rings. The molecule has 146 valence electrons. The van der Waals surface area contributed by atoms with E-state index in [-0.39, 0.29) is 5.91 Å². The number of nitrogens with one attached hydrogen (secondary N) is 1. The van der Waals surface area contributed by atoms with Crippen LogP contribution in [0.15, 0.2) is 30.5 Å². The normalized spacial score (nSPS) is 17.7. The van der Waals surface area contributed by atoms with Crippen molar-refractivity contribution in [1.82, 2.24) is 20.0 Å². The van der Waals surface area contributed by atoms with Crippen molar-refractivity contribution < 1.29 is 14.3 Å². The van der Waals surface area contributed by atoms with Crippen LogP contribution in [0.1, 0.15) is 16.8 Å². The topological polar surface area (TPSA) is 68.6 Å². The summed E-state index contributed by atoms with van der Waals surface area (Å²) in [5.74, 6) is 0.788. The van der Waals surface area contributed by atoms with Crippen LogP contribution >= 0.6 is 0 Å². The summed E-state index contributed by atoms with van der Waals surface area (Å²) >= 11 is 0. The van der Waals surface area contributed by atoms with Crippen molar-refractivity contribution in [2.45, 2.75) is 26.0 Å². The number of nitrogens with zero attached hydrogens (tertiary/aromatic N) is 3. The lowest BCUT2D eigenvalue weighted by molar-refractivity contribution is -0.138. The number of benzene rings is 1. The van der Waals surface area contributed by atoms with Crippen LogP contribution in [0.4, 0.5) is 0 Å². The van der Waals surface area contributed by atoms with E-state index in [4.69, 9.17) is 9.47 Å². The Balaban J connectivity index is 1.49. The Morgan fingerprint density at radius 2 is 2.19 bits per heavy atom. The van der Waals surface area contributed by atoms with Crippen molar-refractivity contribution in [2.24, 2.45) is 7.05 Å². The number of aryl methyl sites for hydroxylation is 1.